The third kappa shape index (κ3) is 5.11. The second kappa shape index (κ2) is 9.24. The Labute approximate surface area is 164 Å². The molecule has 1 amide bonds. The molecule has 1 atom stereocenters. The second-order valence-electron chi connectivity index (χ2n) is 6.25. The quantitative estimate of drug-likeness (QED) is 0.563. The minimum absolute atomic E-state index is 0.00477. The third-order valence-corrected chi connectivity index (χ3v) is 4.75. The van der Waals surface area contributed by atoms with Crippen molar-refractivity contribution in [3.8, 4) is 5.75 Å². The monoisotopic (exact) mass is 379 g/mol. The van der Waals surface area contributed by atoms with Gasteiger partial charge in [-0.1, -0.05) is 67.1 Å². The van der Waals surface area contributed by atoms with Crippen molar-refractivity contribution in [1.29, 1.82) is 0 Å². The van der Waals surface area contributed by atoms with Crippen molar-refractivity contribution in [3.63, 3.8) is 0 Å². The van der Waals surface area contributed by atoms with Crippen LogP contribution in [0.2, 0.25) is 5.02 Å². The lowest BCUT2D eigenvalue weighted by atomic mass is 10.0. The number of hydrogen-bond acceptors (Lipinski definition) is 2. The average Bonchev–Trinajstić information content (AvgIpc) is 2.72. The van der Waals surface area contributed by atoms with Crippen LogP contribution in [0.25, 0.3) is 0 Å². The fourth-order valence-electron chi connectivity index (χ4n) is 2.83. The number of nitrogens with one attached hydrogen (secondary N) is 1. The highest BCUT2D eigenvalue weighted by Crippen LogP contribution is 2.20. The van der Waals surface area contributed by atoms with Crippen molar-refractivity contribution in [1.82, 2.24) is 5.32 Å². The van der Waals surface area contributed by atoms with Gasteiger partial charge in [-0.05, 0) is 42.3 Å². The number of ether oxygens (including phenoxy) is 1. The lowest BCUT2D eigenvalue weighted by Gasteiger charge is -2.17. The van der Waals surface area contributed by atoms with E-state index >= 15 is 0 Å². The summed E-state index contributed by atoms with van der Waals surface area (Å²) >= 11 is 6.14. The lowest BCUT2D eigenvalue weighted by Crippen LogP contribution is -2.28. The summed E-state index contributed by atoms with van der Waals surface area (Å²) in [6.45, 7) is 2.45. The second-order valence-corrected chi connectivity index (χ2v) is 6.66. The molecule has 3 aromatic rings. The van der Waals surface area contributed by atoms with Crippen LogP contribution in [-0.4, -0.2) is 5.91 Å². The highest BCUT2D eigenvalue weighted by Gasteiger charge is 2.14. The van der Waals surface area contributed by atoms with Gasteiger partial charge in [-0.2, -0.15) is 0 Å². The fourth-order valence-corrected chi connectivity index (χ4v) is 3.02. The molecule has 0 aliphatic rings. The maximum atomic E-state index is 12.6. The number of hydrogen-bond donors (Lipinski definition) is 1. The van der Waals surface area contributed by atoms with Crippen LogP contribution in [0, 0.1) is 0 Å². The molecule has 0 saturated carbocycles. The van der Waals surface area contributed by atoms with Crippen molar-refractivity contribution in [2.45, 2.75) is 26.0 Å². The maximum Gasteiger partial charge on any atom is 0.251 e. The van der Waals surface area contributed by atoms with E-state index in [2.05, 4.69) is 12.2 Å². The van der Waals surface area contributed by atoms with Gasteiger partial charge in [-0.25, -0.2) is 0 Å². The van der Waals surface area contributed by atoms with Crippen LogP contribution >= 0.6 is 11.6 Å². The standard InChI is InChI=1S/C23H22ClNO2/c1-2-22(17-8-4-3-5-9-17)25-23(26)18-12-14-20(15-13-18)27-16-19-10-6-7-11-21(19)24/h3-15,22H,2,16H2,1H3,(H,25,26). The first kappa shape index (κ1) is 19.0. The van der Waals surface area contributed by atoms with Crippen molar-refractivity contribution >= 4 is 17.5 Å². The molecule has 138 valence electrons. The van der Waals surface area contributed by atoms with Crippen LogP contribution in [0.5, 0.6) is 5.75 Å². The molecule has 27 heavy (non-hydrogen) atoms. The van der Waals surface area contributed by atoms with Gasteiger partial charge in [0.05, 0.1) is 6.04 Å². The molecule has 0 spiro atoms. The molecule has 4 heteroatoms. The van der Waals surface area contributed by atoms with Crippen LogP contribution in [0.1, 0.15) is 40.9 Å². The van der Waals surface area contributed by atoms with E-state index in [1.807, 2.05) is 54.6 Å². The molecular formula is C23H22ClNO2. The number of benzene rings is 3. The van der Waals surface area contributed by atoms with Crippen LogP contribution < -0.4 is 10.1 Å². The van der Waals surface area contributed by atoms with E-state index in [9.17, 15) is 4.79 Å². The lowest BCUT2D eigenvalue weighted by molar-refractivity contribution is 0.0935. The van der Waals surface area contributed by atoms with Gasteiger partial charge in [0, 0.05) is 16.1 Å². The number of amides is 1. The van der Waals surface area contributed by atoms with E-state index in [1.54, 1.807) is 24.3 Å². The van der Waals surface area contributed by atoms with Gasteiger partial charge >= 0.3 is 0 Å². The molecule has 3 nitrogen and oxygen atoms in total. The van der Waals surface area contributed by atoms with Crippen LogP contribution in [-0.2, 0) is 6.61 Å². The maximum absolute atomic E-state index is 12.6. The van der Waals surface area contributed by atoms with Crippen molar-refractivity contribution in [2.75, 3.05) is 0 Å². The molecule has 0 radical (unpaired) electrons. The van der Waals surface area contributed by atoms with Crippen molar-refractivity contribution < 1.29 is 9.53 Å². The predicted molar refractivity (Wildman–Crippen MR) is 109 cm³/mol. The van der Waals surface area contributed by atoms with E-state index in [1.165, 1.54) is 0 Å². The number of carbonyl (C=O) groups excluding carboxylic acids is 1. The Balaban J connectivity index is 1.61. The Bertz CT molecular complexity index is 878. The van der Waals surface area contributed by atoms with E-state index < -0.39 is 0 Å². The zero-order chi connectivity index (χ0) is 19.1. The third-order valence-electron chi connectivity index (χ3n) is 4.38. The summed E-state index contributed by atoms with van der Waals surface area (Å²) in [5.41, 5.74) is 2.64. The van der Waals surface area contributed by atoms with E-state index in [0.29, 0.717) is 22.9 Å². The first-order valence-electron chi connectivity index (χ1n) is 8.99. The molecule has 1 N–H and O–H groups in total. The Hall–Kier alpha value is -2.78. The zero-order valence-electron chi connectivity index (χ0n) is 15.2. The molecule has 0 aromatic heterocycles. The molecule has 0 fully saturated rings. The number of halogens is 1. The minimum atomic E-state index is -0.0941. The average molecular weight is 380 g/mol. The topological polar surface area (TPSA) is 38.3 Å². The smallest absolute Gasteiger partial charge is 0.251 e. The first-order chi connectivity index (χ1) is 13.2. The van der Waals surface area contributed by atoms with E-state index in [0.717, 1.165) is 17.5 Å². The highest BCUT2D eigenvalue weighted by molar-refractivity contribution is 6.31. The molecule has 0 aliphatic heterocycles. The van der Waals surface area contributed by atoms with Crippen molar-refractivity contribution in [2.24, 2.45) is 0 Å². The highest BCUT2D eigenvalue weighted by atomic mass is 35.5. The summed E-state index contributed by atoms with van der Waals surface area (Å²) in [6, 6.07) is 24.7. The van der Waals surface area contributed by atoms with Crippen LogP contribution in [0.4, 0.5) is 0 Å². The molecular weight excluding hydrogens is 358 g/mol. The molecule has 0 aliphatic carbocycles. The Kier molecular flexibility index (Phi) is 6.50. The predicted octanol–water partition coefficient (Wildman–Crippen LogP) is 5.80. The van der Waals surface area contributed by atoms with Gasteiger partial charge in [0.25, 0.3) is 5.91 Å². The van der Waals surface area contributed by atoms with Crippen LogP contribution in [0.3, 0.4) is 0 Å². The summed E-state index contributed by atoms with van der Waals surface area (Å²) < 4.78 is 5.76. The van der Waals surface area contributed by atoms with E-state index in [4.69, 9.17) is 16.3 Å². The Morgan fingerprint density at radius 1 is 0.963 bits per heavy atom. The SMILES string of the molecule is CCC(NC(=O)c1ccc(OCc2ccccc2Cl)cc1)c1ccccc1. The molecule has 0 heterocycles. The van der Waals surface area contributed by atoms with E-state index in [-0.39, 0.29) is 11.9 Å². The molecule has 3 aromatic carbocycles. The molecule has 0 saturated heterocycles. The number of carbonyl (C=O) groups is 1. The van der Waals surface area contributed by atoms with Crippen LogP contribution in [0.15, 0.2) is 78.9 Å². The van der Waals surface area contributed by atoms with Gasteiger partial charge in [0.1, 0.15) is 12.4 Å². The Morgan fingerprint density at radius 2 is 1.63 bits per heavy atom. The summed E-state index contributed by atoms with van der Waals surface area (Å²) in [6.07, 6.45) is 0.828. The summed E-state index contributed by atoms with van der Waals surface area (Å²) in [7, 11) is 0. The molecule has 0 bridgehead atoms. The van der Waals surface area contributed by atoms with Gasteiger partial charge in [0.15, 0.2) is 0 Å². The number of rotatable bonds is 7. The van der Waals surface area contributed by atoms with Gasteiger partial charge < -0.3 is 10.1 Å². The fraction of sp³-hybridized carbons (Fsp3) is 0.174. The Morgan fingerprint density at radius 3 is 2.30 bits per heavy atom. The van der Waals surface area contributed by atoms with Crippen molar-refractivity contribution in [3.05, 3.63) is 101 Å². The van der Waals surface area contributed by atoms with Gasteiger partial charge in [0.2, 0.25) is 0 Å². The molecule has 3 rings (SSSR count). The largest absolute Gasteiger partial charge is 0.489 e. The normalized spacial score (nSPS) is 11.6. The summed E-state index contributed by atoms with van der Waals surface area (Å²) in [5.74, 6) is 0.602. The summed E-state index contributed by atoms with van der Waals surface area (Å²) in [4.78, 5) is 12.6. The summed E-state index contributed by atoms with van der Waals surface area (Å²) in [5, 5.41) is 3.77. The minimum Gasteiger partial charge on any atom is -0.489 e. The molecule has 1 unspecified atom stereocenters. The zero-order valence-corrected chi connectivity index (χ0v) is 15.9. The van der Waals surface area contributed by atoms with Gasteiger partial charge in [-0.3, -0.25) is 4.79 Å². The first-order valence-corrected chi connectivity index (χ1v) is 9.37. The van der Waals surface area contributed by atoms with Gasteiger partial charge in [-0.15, -0.1) is 0 Å².